The van der Waals surface area contributed by atoms with Crippen molar-refractivity contribution in [3.05, 3.63) is 40.8 Å². The maximum absolute atomic E-state index is 12.0. The van der Waals surface area contributed by atoms with Crippen LogP contribution in [0.4, 0.5) is 0 Å². The number of aliphatic hydroxyl groups is 1. The second kappa shape index (κ2) is 7.36. The number of hydrogen-bond donors (Lipinski definition) is 2. The number of pyridine rings is 1. The zero-order valence-electron chi connectivity index (χ0n) is 15.3. The minimum absolute atomic E-state index is 0.0858. The van der Waals surface area contributed by atoms with Crippen LogP contribution in [0.25, 0.3) is 11.1 Å². The van der Waals surface area contributed by atoms with E-state index in [0.29, 0.717) is 42.6 Å². The molecular formula is C19H23NO6S. The molecule has 1 aliphatic rings. The van der Waals surface area contributed by atoms with Crippen molar-refractivity contribution >= 4 is 9.84 Å². The molecule has 0 amide bonds. The maximum Gasteiger partial charge on any atom is 0.292 e. The standard InChI is InChI=1S/C19H23NO6S/c1-20-11-12(9-17(22)19(20)23)16-10-15(27(2,24)25)7-8-18(16)26-14-5-3-13(21)4-6-14/h7-11,13-14,21-22H,3-6H2,1-2H3/t13-,14-. The van der Waals surface area contributed by atoms with Crippen molar-refractivity contribution in [2.75, 3.05) is 6.26 Å². The Labute approximate surface area is 157 Å². The second-order valence-electron chi connectivity index (χ2n) is 7.01. The average molecular weight is 393 g/mol. The summed E-state index contributed by atoms with van der Waals surface area (Å²) in [5.41, 5.74) is 0.419. The zero-order chi connectivity index (χ0) is 19.8. The van der Waals surface area contributed by atoms with Gasteiger partial charge >= 0.3 is 0 Å². The highest BCUT2D eigenvalue weighted by Crippen LogP contribution is 2.35. The normalized spacial score (nSPS) is 20.4. The molecule has 27 heavy (non-hydrogen) atoms. The molecule has 1 heterocycles. The third-order valence-corrected chi connectivity index (χ3v) is 5.90. The number of aliphatic hydroxyl groups excluding tert-OH is 1. The maximum atomic E-state index is 12.0. The molecule has 2 aromatic rings. The van der Waals surface area contributed by atoms with E-state index in [1.54, 1.807) is 6.07 Å². The summed E-state index contributed by atoms with van der Waals surface area (Å²) in [4.78, 5) is 11.9. The number of aromatic nitrogens is 1. The Morgan fingerprint density at radius 1 is 1.15 bits per heavy atom. The number of benzene rings is 1. The van der Waals surface area contributed by atoms with Gasteiger partial charge in [-0.15, -0.1) is 0 Å². The Kier molecular flexibility index (Phi) is 5.30. The molecule has 1 aliphatic carbocycles. The van der Waals surface area contributed by atoms with E-state index >= 15 is 0 Å². The Morgan fingerprint density at radius 3 is 2.41 bits per heavy atom. The summed E-state index contributed by atoms with van der Waals surface area (Å²) in [5.74, 6) is 0.0494. The number of sulfone groups is 1. The molecule has 1 saturated carbocycles. The smallest absolute Gasteiger partial charge is 0.292 e. The molecule has 1 aromatic heterocycles. The SMILES string of the molecule is Cn1cc(-c2cc(S(C)(=O)=O)ccc2O[C@H]2CC[C@H](O)CC2)cc(O)c1=O. The van der Waals surface area contributed by atoms with Crippen LogP contribution in [0.15, 0.2) is 40.2 Å². The average Bonchev–Trinajstić information content (AvgIpc) is 2.60. The Balaban J connectivity index is 2.07. The molecule has 0 saturated heterocycles. The first-order valence-electron chi connectivity index (χ1n) is 8.74. The van der Waals surface area contributed by atoms with Crippen molar-refractivity contribution in [3.8, 4) is 22.6 Å². The lowest BCUT2D eigenvalue weighted by atomic mass is 9.95. The van der Waals surface area contributed by atoms with Crippen molar-refractivity contribution in [3.63, 3.8) is 0 Å². The number of ether oxygens (including phenoxy) is 1. The van der Waals surface area contributed by atoms with Gasteiger partial charge in [0.1, 0.15) is 5.75 Å². The molecule has 0 spiro atoms. The summed E-state index contributed by atoms with van der Waals surface area (Å²) in [5, 5.41) is 19.5. The Hall–Kier alpha value is -2.32. The first kappa shape index (κ1) is 19.4. The predicted octanol–water partition coefficient (Wildman–Crippen LogP) is 1.84. The van der Waals surface area contributed by atoms with E-state index < -0.39 is 21.1 Å². The van der Waals surface area contributed by atoms with E-state index in [2.05, 4.69) is 0 Å². The molecule has 0 unspecified atom stereocenters. The fourth-order valence-electron chi connectivity index (χ4n) is 3.25. The highest BCUT2D eigenvalue weighted by Gasteiger charge is 2.23. The van der Waals surface area contributed by atoms with E-state index in [-0.39, 0.29) is 17.1 Å². The Morgan fingerprint density at radius 2 is 1.81 bits per heavy atom. The van der Waals surface area contributed by atoms with E-state index in [9.17, 15) is 23.4 Å². The van der Waals surface area contributed by atoms with Gasteiger partial charge in [-0.1, -0.05) is 0 Å². The van der Waals surface area contributed by atoms with Gasteiger partial charge in [0.25, 0.3) is 5.56 Å². The van der Waals surface area contributed by atoms with Gasteiger partial charge in [0.15, 0.2) is 15.6 Å². The lowest BCUT2D eigenvalue weighted by Gasteiger charge is -2.27. The molecule has 8 heteroatoms. The highest BCUT2D eigenvalue weighted by molar-refractivity contribution is 7.90. The molecule has 3 rings (SSSR count). The Bertz CT molecular complexity index is 977. The van der Waals surface area contributed by atoms with Gasteiger partial charge in [-0.25, -0.2) is 8.42 Å². The fraction of sp³-hybridized carbons (Fsp3) is 0.421. The van der Waals surface area contributed by atoms with E-state index in [1.807, 2.05) is 0 Å². The van der Waals surface area contributed by atoms with E-state index in [0.717, 1.165) is 6.26 Å². The molecule has 7 nitrogen and oxygen atoms in total. The number of aryl methyl sites for hydroxylation is 1. The third kappa shape index (κ3) is 4.33. The second-order valence-corrected chi connectivity index (χ2v) is 9.02. The van der Waals surface area contributed by atoms with Gasteiger partial charge in [-0.05, 0) is 49.9 Å². The number of rotatable bonds is 4. The summed E-state index contributed by atoms with van der Waals surface area (Å²) in [6.07, 6.45) is 4.97. The fourth-order valence-corrected chi connectivity index (χ4v) is 3.90. The first-order chi connectivity index (χ1) is 12.6. The summed E-state index contributed by atoms with van der Waals surface area (Å²) in [7, 11) is -1.93. The zero-order valence-corrected chi connectivity index (χ0v) is 16.1. The third-order valence-electron chi connectivity index (χ3n) is 4.79. The number of nitrogens with zero attached hydrogens (tertiary/aromatic N) is 1. The van der Waals surface area contributed by atoms with Crippen LogP contribution in [0.5, 0.6) is 11.5 Å². The van der Waals surface area contributed by atoms with Crippen LogP contribution in [0.1, 0.15) is 25.7 Å². The van der Waals surface area contributed by atoms with Crippen LogP contribution in [0.2, 0.25) is 0 Å². The summed E-state index contributed by atoms with van der Waals surface area (Å²) in [6.45, 7) is 0. The van der Waals surface area contributed by atoms with Gasteiger partial charge < -0.3 is 19.5 Å². The lowest BCUT2D eigenvalue weighted by molar-refractivity contribution is 0.0668. The molecule has 1 fully saturated rings. The van der Waals surface area contributed by atoms with Gasteiger partial charge in [-0.3, -0.25) is 4.79 Å². The summed E-state index contributed by atoms with van der Waals surface area (Å²) < 4.78 is 31.3. The minimum atomic E-state index is -3.44. The van der Waals surface area contributed by atoms with Crippen LogP contribution >= 0.6 is 0 Å². The van der Waals surface area contributed by atoms with Crippen LogP contribution in [0.3, 0.4) is 0 Å². The summed E-state index contributed by atoms with van der Waals surface area (Å²) >= 11 is 0. The van der Waals surface area contributed by atoms with Gasteiger partial charge in [0, 0.05) is 30.6 Å². The molecule has 0 aliphatic heterocycles. The molecule has 0 atom stereocenters. The van der Waals surface area contributed by atoms with Gasteiger partial charge in [0.2, 0.25) is 0 Å². The number of aromatic hydroxyl groups is 1. The van der Waals surface area contributed by atoms with Crippen LogP contribution in [-0.4, -0.2) is 41.7 Å². The van der Waals surface area contributed by atoms with Crippen molar-refractivity contribution in [2.45, 2.75) is 42.8 Å². The van der Waals surface area contributed by atoms with Crippen molar-refractivity contribution in [2.24, 2.45) is 7.05 Å². The van der Waals surface area contributed by atoms with Gasteiger partial charge in [-0.2, -0.15) is 0 Å². The van der Waals surface area contributed by atoms with Crippen LogP contribution in [-0.2, 0) is 16.9 Å². The van der Waals surface area contributed by atoms with E-state index in [4.69, 9.17) is 4.74 Å². The molecule has 2 N–H and O–H groups in total. The molecule has 0 radical (unpaired) electrons. The highest BCUT2D eigenvalue weighted by atomic mass is 32.2. The molecule has 146 valence electrons. The first-order valence-corrected chi connectivity index (χ1v) is 10.6. The monoisotopic (exact) mass is 393 g/mol. The largest absolute Gasteiger partial charge is 0.503 e. The predicted molar refractivity (Wildman–Crippen MR) is 101 cm³/mol. The molecular weight excluding hydrogens is 370 g/mol. The summed E-state index contributed by atoms with van der Waals surface area (Å²) in [6, 6.07) is 5.87. The molecule has 1 aromatic carbocycles. The van der Waals surface area contributed by atoms with Crippen LogP contribution < -0.4 is 10.3 Å². The van der Waals surface area contributed by atoms with Crippen LogP contribution in [0, 0.1) is 0 Å². The number of hydrogen-bond acceptors (Lipinski definition) is 6. The quantitative estimate of drug-likeness (QED) is 0.821. The van der Waals surface area contributed by atoms with Crippen molar-refractivity contribution in [1.29, 1.82) is 0 Å². The van der Waals surface area contributed by atoms with E-state index in [1.165, 1.54) is 36.0 Å². The minimum Gasteiger partial charge on any atom is -0.503 e. The molecule has 0 bridgehead atoms. The van der Waals surface area contributed by atoms with Crippen molar-refractivity contribution < 1.29 is 23.4 Å². The topological polar surface area (TPSA) is 106 Å². The van der Waals surface area contributed by atoms with Gasteiger partial charge in [0.05, 0.1) is 17.1 Å². The lowest BCUT2D eigenvalue weighted by Crippen LogP contribution is -2.26. The van der Waals surface area contributed by atoms with Crippen molar-refractivity contribution in [1.82, 2.24) is 4.57 Å².